The Morgan fingerprint density at radius 3 is 2.68 bits per heavy atom. The molecule has 2 unspecified atom stereocenters. The summed E-state index contributed by atoms with van der Waals surface area (Å²) in [6.07, 6.45) is 4.13. The van der Waals surface area contributed by atoms with Crippen molar-refractivity contribution in [2.75, 3.05) is 6.54 Å². The number of hydrogen-bond acceptors (Lipinski definition) is 2. The van der Waals surface area contributed by atoms with E-state index < -0.39 is 0 Å². The van der Waals surface area contributed by atoms with Crippen molar-refractivity contribution in [2.45, 2.75) is 52.1 Å². The molecule has 0 bridgehead atoms. The molecule has 1 aliphatic rings. The van der Waals surface area contributed by atoms with Crippen LogP contribution in [0.5, 0.6) is 0 Å². The first-order chi connectivity index (χ1) is 9.22. The van der Waals surface area contributed by atoms with Gasteiger partial charge >= 0.3 is 0 Å². The van der Waals surface area contributed by atoms with Crippen LogP contribution in [0.1, 0.15) is 45.1 Å². The highest BCUT2D eigenvalue weighted by Gasteiger charge is 2.33. The summed E-state index contributed by atoms with van der Waals surface area (Å²) in [6, 6.07) is 11.0. The van der Waals surface area contributed by atoms with E-state index in [2.05, 4.69) is 49.1 Å². The van der Waals surface area contributed by atoms with Crippen LogP contribution >= 0.6 is 0 Å². The Hall–Kier alpha value is -1.15. The number of unbranched alkanes of at least 4 members (excludes halogenated alkanes) is 1. The van der Waals surface area contributed by atoms with E-state index in [-0.39, 0.29) is 5.92 Å². The van der Waals surface area contributed by atoms with Crippen LogP contribution in [0.25, 0.3) is 0 Å². The minimum atomic E-state index is 0.248. The van der Waals surface area contributed by atoms with Crippen LogP contribution in [-0.4, -0.2) is 23.3 Å². The molecule has 104 valence electrons. The lowest BCUT2D eigenvalue weighted by molar-refractivity contribution is -0.129. The number of Topliss-reactive ketones (excluding diaryl/α,β-unsaturated/α-hetero) is 1. The van der Waals surface area contributed by atoms with Crippen molar-refractivity contribution in [1.82, 2.24) is 4.90 Å². The van der Waals surface area contributed by atoms with E-state index in [0.29, 0.717) is 11.8 Å². The van der Waals surface area contributed by atoms with Gasteiger partial charge in [-0.3, -0.25) is 9.69 Å². The van der Waals surface area contributed by atoms with Gasteiger partial charge in [0.2, 0.25) is 0 Å². The highest BCUT2D eigenvalue weighted by Crippen LogP contribution is 2.26. The van der Waals surface area contributed by atoms with E-state index in [0.717, 1.165) is 25.9 Å². The maximum atomic E-state index is 12.1. The summed E-state index contributed by atoms with van der Waals surface area (Å²) in [4.78, 5) is 14.6. The Balaban J connectivity index is 2.00. The number of carbonyl (C=O) groups excluding carboxylic acids is 1. The molecule has 0 spiro atoms. The third kappa shape index (κ3) is 3.66. The lowest BCUT2D eigenvalue weighted by Crippen LogP contribution is -2.47. The third-order valence-electron chi connectivity index (χ3n) is 4.31. The second-order valence-corrected chi connectivity index (χ2v) is 5.66. The molecule has 2 atom stereocenters. The van der Waals surface area contributed by atoms with E-state index in [4.69, 9.17) is 0 Å². The number of rotatable bonds is 5. The lowest BCUT2D eigenvalue weighted by atomic mass is 9.85. The van der Waals surface area contributed by atoms with Crippen molar-refractivity contribution < 1.29 is 4.79 Å². The molecule has 0 aromatic heterocycles. The monoisotopic (exact) mass is 259 g/mol. The molecule has 1 aromatic carbocycles. The SMILES string of the molecule is CCCCC1C(=O)CCN(Cc2ccccc2)C1C. The normalized spacial score (nSPS) is 24.6. The van der Waals surface area contributed by atoms with Crippen LogP contribution < -0.4 is 0 Å². The van der Waals surface area contributed by atoms with Crippen LogP contribution in [0.2, 0.25) is 0 Å². The van der Waals surface area contributed by atoms with Gasteiger partial charge in [-0.2, -0.15) is 0 Å². The first-order valence-electron chi connectivity index (χ1n) is 7.53. The van der Waals surface area contributed by atoms with Gasteiger partial charge in [0.15, 0.2) is 0 Å². The summed E-state index contributed by atoms with van der Waals surface area (Å²) >= 11 is 0. The molecule has 2 heteroatoms. The van der Waals surface area contributed by atoms with Crippen molar-refractivity contribution in [3.05, 3.63) is 35.9 Å². The molecule has 1 heterocycles. The van der Waals surface area contributed by atoms with Crippen molar-refractivity contribution in [1.29, 1.82) is 0 Å². The largest absolute Gasteiger partial charge is 0.299 e. The molecule has 2 rings (SSSR count). The van der Waals surface area contributed by atoms with Gasteiger partial charge < -0.3 is 0 Å². The van der Waals surface area contributed by atoms with E-state index >= 15 is 0 Å². The van der Waals surface area contributed by atoms with Gasteiger partial charge in [-0.05, 0) is 18.9 Å². The van der Waals surface area contributed by atoms with Gasteiger partial charge in [-0.1, -0.05) is 50.1 Å². The predicted molar refractivity (Wildman–Crippen MR) is 79.0 cm³/mol. The summed E-state index contributed by atoms with van der Waals surface area (Å²) in [7, 11) is 0. The zero-order chi connectivity index (χ0) is 13.7. The predicted octanol–water partition coefficient (Wildman–Crippen LogP) is 3.66. The number of piperidine rings is 1. The minimum Gasteiger partial charge on any atom is -0.299 e. The lowest BCUT2D eigenvalue weighted by Gasteiger charge is -2.38. The van der Waals surface area contributed by atoms with Gasteiger partial charge in [0, 0.05) is 31.5 Å². The second kappa shape index (κ2) is 6.85. The van der Waals surface area contributed by atoms with Crippen LogP contribution in [0.4, 0.5) is 0 Å². The summed E-state index contributed by atoms with van der Waals surface area (Å²) in [6.45, 7) is 6.30. The Morgan fingerprint density at radius 2 is 2.00 bits per heavy atom. The third-order valence-corrected chi connectivity index (χ3v) is 4.31. The van der Waals surface area contributed by atoms with Gasteiger partial charge in [-0.15, -0.1) is 0 Å². The molecule has 1 aliphatic heterocycles. The minimum absolute atomic E-state index is 0.248. The van der Waals surface area contributed by atoms with Crippen LogP contribution in [-0.2, 0) is 11.3 Å². The van der Waals surface area contributed by atoms with Crippen molar-refractivity contribution in [2.24, 2.45) is 5.92 Å². The molecule has 0 amide bonds. The average Bonchev–Trinajstić information content (AvgIpc) is 2.43. The molecule has 1 fully saturated rings. The van der Waals surface area contributed by atoms with Crippen molar-refractivity contribution in [3.8, 4) is 0 Å². The number of hydrogen-bond donors (Lipinski definition) is 0. The van der Waals surface area contributed by atoms with Gasteiger partial charge in [-0.25, -0.2) is 0 Å². The summed E-state index contributed by atoms with van der Waals surface area (Å²) < 4.78 is 0. The molecule has 0 radical (unpaired) electrons. The Kier molecular flexibility index (Phi) is 5.15. The van der Waals surface area contributed by atoms with Crippen LogP contribution in [0.3, 0.4) is 0 Å². The van der Waals surface area contributed by atoms with Gasteiger partial charge in [0.05, 0.1) is 0 Å². The Morgan fingerprint density at radius 1 is 1.26 bits per heavy atom. The zero-order valence-corrected chi connectivity index (χ0v) is 12.1. The molecular weight excluding hydrogens is 234 g/mol. The molecule has 1 aromatic rings. The van der Waals surface area contributed by atoms with Crippen LogP contribution in [0.15, 0.2) is 30.3 Å². The Labute approximate surface area is 116 Å². The maximum absolute atomic E-state index is 12.1. The van der Waals surface area contributed by atoms with Gasteiger partial charge in [0.1, 0.15) is 5.78 Å². The molecule has 1 saturated heterocycles. The van der Waals surface area contributed by atoms with Crippen LogP contribution in [0, 0.1) is 5.92 Å². The van der Waals surface area contributed by atoms with E-state index in [1.54, 1.807) is 0 Å². The second-order valence-electron chi connectivity index (χ2n) is 5.66. The average molecular weight is 259 g/mol. The maximum Gasteiger partial charge on any atom is 0.138 e. The standard InChI is InChI=1S/C17H25NO/c1-3-4-10-16-14(2)18(12-11-17(16)19)13-15-8-6-5-7-9-15/h5-9,14,16H,3-4,10-13H2,1-2H3. The van der Waals surface area contributed by atoms with E-state index in [9.17, 15) is 4.79 Å². The summed E-state index contributed by atoms with van der Waals surface area (Å²) in [5, 5.41) is 0. The highest BCUT2D eigenvalue weighted by molar-refractivity contribution is 5.82. The topological polar surface area (TPSA) is 20.3 Å². The Bertz CT molecular complexity index is 401. The number of likely N-dealkylation sites (tertiary alicyclic amines) is 1. The van der Waals surface area contributed by atoms with E-state index in [1.807, 2.05) is 0 Å². The number of carbonyl (C=O) groups is 1. The number of benzene rings is 1. The molecule has 0 saturated carbocycles. The molecular formula is C17H25NO. The smallest absolute Gasteiger partial charge is 0.138 e. The quantitative estimate of drug-likeness (QED) is 0.804. The molecule has 2 nitrogen and oxygen atoms in total. The first kappa shape index (κ1) is 14.3. The first-order valence-corrected chi connectivity index (χ1v) is 7.53. The van der Waals surface area contributed by atoms with Crippen molar-refractivity contribution in [3.63, 3.8) is 0 Å². The fourth-order valence-electron chi connectivity index (χ4n) is 3.03. The summed E-state index contributed by atoms with van der Waals surface area (Å²) in [5.74, 6) is 0.725. The summed E-state index contributed by atoms with van der Waals surface area (Å²) in [5.41, 5.74) is 1.35. The van der Waals surface area contributed by atoms with Gasteiger partial charge in [0.25, 0.3) is 0 Å². The highest BCUT2D eigenvalue weighted by atomic mass is 16.1. The number of nitrogens with zero attached hydrogens (tertiary/aromatic N) is 1. The zero-order valence-electron chi connectivity index (χ0n) is 12.1. The molecule has 0 aliphatic carbocycles. The number of ketones is 1. The fraction of sp³-hybridized carbons (Fsp3) is 0.588. The van der Waals surface area contributed by atoms with E-state index in [1.165, 1.54) is 18.4 Å². The molecule has 19 heavy (non-hydrogen) atoms. The fourth-order valence-corrected chi connectivity index (χ4v) is 3.03. The molecule has 0 N–H and O–H groups in total. The van der Waals surface area contributed by atoms with Crippen molar-refractivity contribution >= 4 is 5.78 Å².